The number of rotatable bonds is 6. The van der Waals surface area contributed by atoms with E-state index in [1.165, 1.54) is 13.0 Å². The number of carbonyl (C=O) groups excluding carboxylic acids is 2. The molecule has 0 aliphatic carbocycles. The Morgan fingerprint density at radius 3 is 2.24 bits per heavy atom. The largest absolute Gasteiger partial charge is 0.342 e. The summed E-state index contributed by atoms with van der Waals surface area (Å²) in [5.41, 5.74) is 3.44. The molecular formula is C24H21ClN2O2. The average Bonchev–Trinajstić information content (AvgIpc) is 2.72. The lowest BCUT2D eigenvalue weighted by atomic mass is 9.98. The Kier molecular flexibility index (Phi) is 6.82. The Balaban J connectivity index is 1.75. The third-order valence-corrected chi connectivity index (χ3v) is 4.49. The maximum Gasteiger partial charge on any atom is 0.244 e. The van der Waals surface area contributed by atoms with Crippen molar-refractivity contribution >= 4 is 35.2 Å². The summed E-state index contributed by atoms with van der Waals surface area (Å²) in [6.07, 6.45) is 3.22. The van der Waals surface area contributed by atoms with Crippen molar-refractivity contribution in [2.45, 2.75) is 13.0 Å². The molecule has 3 rings (SSSR count). The second-order valence-corrected chi connectivity index (χ2v) is 6.98. The SMILES string of the molecule is CC(=O)Nc1ccc(/C=C/C(=O)NC(c2ccccc2)c2cccc(Cl)c2)cc1. The van der Waals surface area contributed by atoms with Crippen LogP contribution in [0.3, 0.4) is 0 Å². The number of carbonyl (C=O) groups is 2. The zero-order valence-corrected chi connectivity index (χ0v) is 16.7. The number of hydrogen-bond donors (Lipinski definition) is 2. The van der Waals surface area contributed by atoms with E-state index < -0.39 is 0 Å². The Morgan fingerprint density at radius 1 is 0.897 bits per heavy atom. The van der Waals surface area contributed by atoms with Gasteiger partial charge in [-0.15, -0.1) is 0 Å². The molecule has 0 bridgehead atoms. The molecule has 0 saturated heterocycles. The minimum Gasteiger partial charge on any atom is -0.342 e. The van der Waals surface area contributed by atoms with Crippen LogP contribution in [0.2, 0.25) is 5.02 Å². The highest BCUT2D eigenvalue weighted by Gasteiger charge is 2.15. The Labute approximate surface area is 175 Å². The molecule has 0 aromatic heterocycles. The van der Waals surface area contributed by atoms with Crippen molar-refractivity contribution in [2.24, 2.45) is 0 Å². The van der Waals surface area contributed by atoms with Gasteiger partial charge in [0.2, 0.25) is 11.8 Å². The van der Waals surface area contributed by atoms with Crippen LogP contribution in [0, 0.1) is 0 Å². The van der Waals surface area contributed by atoms with Crippen LogP contribution in [-0.4, -0.2) is 11.8 Å². The summed E-state index contributed by atoms with van der Waals surface area (Å²) in [7, 11) is 0. The van der Waals surface area contributed by atoms with Crippen molar-refractivity contribution in [1.82, 2.24) is 5.32 Å². The van der Waals surface area contributed by atoms with Gasteiger partial charge in [0.15, 0.2) is 0 Å². The Bertz CT molecular complexity index is 1010. The van der Waals surface area contributed by atoms with Gasteiger partial charge in [-0.1, -0.05) is 66.2 Å². The van der Waals surface area contributed by atoms with E-state index in [1.807, 2.05) is 60.7 Å². The van der Waals surface area contributed by atoms with Crippen LogP contribution in [0.1, 0.15) is 29.7 Å². The summed E-state index contributed by atoms with van der Waals surface area (Å²) in [5, 5.41) is 6.37. The van der Waals surface area contributed by atoms with E-state index in [4.69, 9.17) is 11.6 Å². The van der Waals surface area contributed by atoms with Gasteiger partial charge in [0.25, 0.3) is 0 Å². The van der Waals surface area contributed by atoms with Gasteiger partial charge in [0.1, 0.15) is 0 Å². The molecule has 3 aromatic carbocycles. The minimum absolute atomic E-state index is 0.124. The lowest BCUT2D eigenvalue weighted by molar-refractivity contribution is -0.117. The third-order valence-electron chi connectivity index (χ3n) is 4.26. The molecule has 2 N–H and O–H groups in total. The summed E-state index contributed by atoms with van der Waals surface area (Å²) >= 11 is 6.15. The number of halogens is 1. The van der Waals surface area contributed by atoms with E-state index in [0.717, 1.165) is 16.7 Å². The van der Waals surface area contributed by atoms with Crippen molar-refractivity contribution in [3.05, 3.63) is 107 Å². The summed E-state index contributed by atoms with van der Waals surface area (Å²) in [6.45, 7) is 1.46. The first kappa shape index (κ1) is 20.4. The molecule has 2 amide bonds. The zero-order valence-electron chi connectivity index (χ0n) is 15.9. The monoisotopic (exact) mass is 404 g/mol. The molecule has 0 fully saturated rings. The highest BCUT2D eigenvalue weighted by Crippen LogP contribution is 2.24. The molecule has 29 heavy (non-hydrogen) atoms. The number of anilines is 1. The second-order valence-electron chi connectivity index (χ2n) is 6.54. The first-order chi connectivity index (χ1) is 14.0. The van der Waals surface area contributed by atoms with Crippen molar-refractivity contribution in [1.29, 1.82) is 0 Å². The molecule has 0 saturated carbocycles. The van der Waals surface area contributed by atoms with Gasteiger partial charge in [-0.05, 0) is 47.0 Å². The zero-order chi connectivity index (χ0) is 20.6. The van der Waals surface area contributed by atoms with Gasteiger partial charge < -0.3 is 10.6 Å². The number of nitrogens with one attached hydrogen (secondary N) is 2. The van der Waals surface area contributed by atoms with Crippen LogP contribution in [0.15, 0.2) is 84.9 Å². The summed E-state index contributed by atoms with van der Waals surface area (Å²) in [5.74, 6) is -0.342. The van der Waals surface area contributed by atoms with Crippen molar-refractivity contribution < 1.29 is 9.59 Å². The highest BCUT2D eigenvalue weighted by molar-refractivity contribution is 6.30. The molecule has 5 heteroatoms. The van der Waals surface area contributed by atoms with E-state index in [-0.39, 0.29) is 17.9 Å². The van der Waals surface area contributed by atoms with Crippen molar-refractivity contribution in [3.8, 4) is 0 Å². The molecule has 1 unspecified atom stereocenters. The van der Waals surface area contributed by atoms with Crippen molar-refractivity contribution in [2.75, 3.05) is 5.32 Å². The quantitative estimate of drug-likeness (QED) is 0.553. The maximum atomic E-state index is 12.6. The predicted molar refractivity (Wildman–Crippen MR) is 118 cm³/mol. The molecule has 146 valence electrons. The summed E-state index contributed by atoms with van der Waals surface area (Å²) in [6, 6.07) is 24.1. The first-order valence-corrected chi connectivity index (χ1v) is 9.56. The lowest BCUT2D eigenvalue weighted by Gasteiger charge is -2.19. The number of amides is 2. The standard InChI is InChI=1S/C24H21ClN2O2/c1-17(28)26-22-13-10-18(11-14-22)12-15-23(29)27-24(19-6-3-2-4-7-19)20-8-5-9-21(25)16-20/h2-16,24H,1H3,(H,26,28)(H,27,29)/b15-12+. The number of benzene rings is 3. The van der Waals surface area contributed by atoms with Crippen LogP contribution < -0.4 is 10.6 Å². The molecular weight excluding hydrogens is 384 g/mol. The Morgan fingerprint density at radius 2 is 1.59 bits per heavy atom. The Hall–Kier alpha value is -3.37. The maximum absolute atomic E-state index is 12.6. The first-order valence-electron chi connectivity index (χ1n) is 9.18. The van der Waals surface area contributed by atoms with Crippen LogP contribution >= 0.6 is 11.6 Å². The summed E-state index contributed by atoms with van der Waals surface area (Å²) < 4.78 is 0. The fourth-order valence-electron chi connectivity index (χ4n) is 2.93. The van der Waals surface area contributed by atoms with Crippen LogP contribution in [-0.2, 0) is 9.59 Å². The van der Waals surface area contributed by atoms with Crippen LogP contribution in [0.5, 0.6) is 0 Å². The molecule has 3 aromatic rings. The molecule has 0 aliphatic heterocycles. The van der Waals surface area contributed by atoms with E-state index in [0.29, 0.717) is 10.7 Å². The fraction of sp³-hybridized carbons (Fsp3) is 0.0833. The molecule has 0 radical (unpaired) electrons. The molecule has 0 spiro atoms. The third kappa shape index (κ3) is 6.06. The average molecular weight is 405 g/mol. The molecule has 0 aliphatic rings. The van der Waals surface area contributed by atoms with Gasteiger partial charge in [0, 0.05) is 23.7 Å². The van der Waals surface area contributed by atoms with Gasteiger partial charge in [-0.25, -0.2) is 0 Å². The minimum atomic E-state index is -0.311. The van der Waals surface area contributed by atoms with Gasteiger partial charge >= 0.3 is 0 Å². The van der Waals surface area contributed by atoms with Crippen LogP contribution in [0.4, 0.5) is 5.69 Å². The van der Waals surface area contributed by atoms with E-state index in [2.05, 4.69) is 10.6 Å². The van der Waals surface area contributed by atoms with E-state index in [9.17, 15) is 9.59 Å². The second kappa shape index (κ2) is 9.71. The van der Waals surface area contributed by atoms with Gasteiger partial charge in [-0.3, -0.25) is 9.59 Å². The lowest BCUT2D eigenvalue weighted by Crippen LogP contribution is -2.27. The highest BCUT2D eigenvalue weighted by atomic mass is 35.5. The summed E-state index contributed by atoms with van der Waals surface area (Å²) in [4.78, 5) is 23.7. The molecule has 4 nitrogen and oxygen atoms in total. The molecule has 1 atom stereocenters. The predicted octanol–water partition coefficient (Wildman–Crippen LogP) is 5.22. The van der Waals surface area contributed by atoms with Crippen LogP contribution in [0.25, 0.3) is 6.08 Å². The topological polar surface area (TPSA) is 58.2 Å². The number of hydrogen-bond acceptors (Lipinski definition) is 2. The van der Waals surface area contributed by atoms with E-state index in [1.54, 1.807) is 24.3 Å². The van der Waals surface area contributed by atoms with E-state index >= 15 is 0 Å². The normalized spacial score (nSPS) is 11.8. The fourth-order valence-corrected chi connectivity index (χ4v) is 3.13. The molecule has 0 heterocycles. The van der Waals surface area contributed by atoms with Crippen molar-refractivity contribution in [3.63, 3.8) is 0 Å². The van der Waals surface area contributed by atoms with Gasteiger partial charge in [-0.2, -0.15) is 0 Å². The van der Waals surface area contributed by atoms with Gasteiger partial charge in [0.05, 0.1) is 6.04 Å². The smallest absolute Gasteiger partial charge is 0.244 e.